The molecule has 0 bridgehead atoms. The molecule has 0 radical (unpaired) electrons. The van der Waals surface area contributed by atoms with Gasteiger partial charge in [0.1, 0.15) is 23.1 Å². The molecule has 0 fully saturated rings. The molecule has 0 saturated heterocycles. The summed E-state index contributed by atoms with van der Waals surface area (Å²) in [6, 6.07) is 3.87. The number of hydrogen-bond acceptors (Lipinski definition) is 9. The van der Waals surface area contributed by atoms with Gasteiger partial charge in [0.25, 0.3) is 0 Å². The zero-order valence-electron chi connectivity index (χ0n) is 18.1. The number of carbonyl (C=O) groups excluding carboxylic acids is 2. The monoisotopic (exact) mass is 513 g/mol. The van der Waals surface area contributed by atoms with Crippen molar-refractivity contribution in [1.29, 1.82) is 0 Å². The highest BCUT2D eigenvalue weighted by Crippen LogP contribution is 2.27. The lowest BCUT2D eigenvalue weighted by Crippen LogP contribution is -2.14. The quantitative estimate of drug-likeness (QED) is 0.315. The van der Waals surface area contributed by atoms with E-state index in [1.807, 2.05) is 11.5 Å². The van der Waals surface area contributed by atoms with Crippen LogP contribution in [-0.2, 0) is 22.7 Å². The minimum atomic E-state index is -0.463. The van der Waals surface area contributed by atoms with Gasteiger partial charge in [0.15, 0.2) is 16.1 Å². The molecule has 0 aliphatic rings. The van der Waals surface area contributed by atoms with Crippen LogP contribution < -0.4 is 10.1 Å². The highest BCUT2D eigenvalue weighted by Gasteiger charge is 2.19. The molecule has 1 N–H and O–H groups in total. The highest BCUT2D eigenvalue weighted by atomic mass is 35.5. The number of hydrogen-bond donors (Lipinski definition) is 1. The number of aryl methyl sites for hydroxylation is 1. The molecule has 3 rings (SSSR count). The Morgan fingerprint density at radius 2 is 2.09 bits per heavy atom. The summed E-state index contributed by atoms with van der Waals surface area (Å²) in [6.45, 7) is 6.21. The summed E-state index contributed by atoms with van der Waals surface area (Å²) < 4.78 is 25.6. The van der Waals surface area contributed by atoms with Crippen molar-refractivity contribution < 1.29 is 23.5 Å². The summed E-state index contributed by atoms with van der Waals surface area (Å²) >= 11 is 8.25. The van der Waals surface area contributed by atoms with E-state index in [9.17, 15) is 14.0 Å². The van der Waals surface area contributed by atoms with Gasteiger partial charge in [-0.25, -0.2) is 14.2 Å². The lowest BCUT2D eigenvalue weighted by Gasteiger charge is -2.10. The third kappa shape index (κ3) is 6.42. The normalized spacial score (nSPS) is 10.8. The van der Waals surface area contributed by atoms with Gasteiger partial charge in [0.05, 0.1) is 23.1 Å². The largest absolute Gasteiger partial charge is 0.484 e. The number of anilines is 1. The van der Waals surface area contributed by atoms with Crippen molar-refractivity contribution in [3.8, 4) is 5.75 Å². The smallest absolute Gasteiger partial charge is 0.350 e. The van der Waals surface area contributed by atoms with Crippen molar-refractivity contribution in [1.82, 2.24) is 19.7 Å². The molecule has 0 saturated carbocycles. The topological polar surface area (TPSA) is 108 Å². The van der Waals surface area contributed by atoms with Crippen LogP contribution >= 0.6 is 34.7 Å². The fraction of sp³-hybridized carbons (Fsp3) is 0.350. The molecule has 13 heteroatoms. The number of esters is 1. The van der Waals surface area contributed by atoms with Crippen LogP contribution in [0.2, 0.25) is 5.02 Å². The Labute approximate surface area is 202 Å². The second-order valence-electron chi connectivity index (χ2n) is 6.50. The van der Waals surface area contributed by atoms with Gasteiger partial charge < -0.3 is 19.4 Å². The van der Waals surface area contributed by atoms with Crippen molar-refractivity contribution >= 4 is 51.7 Å². The van der Waals surface area contributed by atoms with E-state index in [0.29, 0.717) is 39.0 Å². The number of thioether (sulfide) groups is 1. The second-order valence-corrected chi connectivity index (χ2v) is 8.85. The Hall–Kier alpha value is -2.70. The van der Waals surface area contributed by atoms with Crippen LogP contribution in [-0.4, -0.2) is 44.0 Å². The van der Waals surface area contributed by atoms with Crippen LogP contribution in [0.5, 0.6) is 5.75 Å². The molecule has 0 atom stereocenters. The third-order valence-electron chi connectivity index (χ3n) is 4.20. The Kier molecular flexibility index (Phi) is 8.64. The van der Waals surface area contributed by atoms with Crippen LogP contribution in [0.1, 0.15) is 35.0 Å². The van der Waals surface area contributed by atoms with Crippen LogP contribution in [0.15, 0.2) is 23.4 Å². The van der Waals surface area contributed by atoms with Gasteiger partial charge in [0.2, 0.25) is 5.91 Å². The first-order valence-corrected chi connectivity index (χ1v) is 12.1. The summed E-state index contributed by atoms with van der Waals surface area (Å²) in [6.07, 6.45) is 0. The first kappa shape index (κ1) is 24.9. The predicted octanol–water partition coefficient (Wildman–Crippen LogP) is 4.34. The van der Waals surface area contributed by atoms with Crippen molar-refractivity contribution in [2.45, 2.75) is 39.1 Å². The van der Waals surface area contributed by atoms with Gasteiger partial charge in [-0.15, -0.1) is 10.2 Å². The first-order valence-electron chi connectivity index (χ1n) is 9.89. The number of thiazole rings is 1. The standard InChI is InChI=1S/C20H21ClFN5O4S2/c1-4-27-15(9-31-14-7-6-12(22)8-13(14)21)25-26-20(27)32-10-16(28)24-19-23-11(3)17(33-19)18(29)30-5-2/h6-8H,4-5,9-10H2,1-3H3,(H,23,24,28). The van der Waals surface area contributed by atoms with Crippen molar-refractivity contribution in [3.05, 3.63) is 45.4 Å². The second kappa shape index (κ2) is 11.4. The van der Waals surface area contributed by atoms with Crippen molar-refractivity contribution in [2.75, 3.05) is 17.7 Å². The Balaban J connectivity index is 1.58. The summed E-state index contributed by atoms with van der Waals surface area (Å²) in [5, 5.41) is 12.0. The summed E-state index contributed by atoms with van der Waals surface area (Å²) in [5.41, 5.74) is 0.498. The first-order chi connectivity index (χ1) is 15.8. The average Bonchev–Trinajstić information content (AvgIpc) is 3.34. The maximum atomic E-state index is 13.2. The maximum absolute atomic E-state index is 13.2. The van der Waals surface area contributed by atoms with Gasteiger partial charge >= 0.3 is 5.97 Å². The zero-order valence-corrected chi connectivity index (χ0v) is 20.4. The summed E-state index contributed by atoms with van der Waals surface area (Å²) in [5.74, 6) is -0.281. The number of nitrogens with one attached hydrogen (secondary N) is 1. The van der Waals surface area contributed by atoms with Crippen molar-refractivity contribution in [2.24, 2.45) is 0 Å². The van der Waals surface area contributed by atoms with Crippen LogP contribution in [0.25, 0.3) is 0 Å². The zero-order chi connectivity index (χ0) is 24.0. The van der Waals surface area contributed by atoms with E-state index in [-0.39, 0.29) is 29.9 Å². The van der Waals surface area contributed by atoms with Gasteiger partial charge in [-0.3, -0.25) is 4.79 Å². The molecular weight excluding hydrogens is 493 g/mol. The average molecular weight is 514 g/mol. The molecule has 1 amide bonds. The van der Waals surface area contributed by atoms with E-state index >= 15 is 0 Å². The Morgan fingerprint density at radius 3 is 2.79 bits per heavy atom. The minimum Gasteiger partial charge on any atom is -0.484 e. The molecular formula is C20H21ClFN5O4S2. The molecule has 2 heterocycles. The number of carbonyl (C=O) groups is 2. The van der Waals surface area contributed by atoms with Gasteiger partial charge in [0, 0.05) is 6.54 Å². The van der Waals surface area contributed by atoms with E-state index in [4.69, 9.17) is 21.1 Å². The lowest BCUT2D eigenvalue weighted by molar-refractivity contribution is -0.113. The number of aromatic nitrogens is 4. The molecule has 176 valence electrons. The van der Waals surface area contributed by atoms with Crippen LogP contribution in [0.3, 0.4) is 0 Å². The molecule has 33 heavy (non-hydrogen) atoms. The molecule has 2 aromatic heterocycles. The van der Waals surface area contributed by atoms with E-state index in [1.165, 1.54) is 30.0 Å². The number of rotatable bonds is 10. The number of benzene rings is 1. The van der Waals surface area contributed by atoms with E-state index in [0.717, 1.165) is 11.3 Å². The SMILES string of the molecule is CCOC(=O)c1sc(NC(=O)CSc2nnc(COc3ccc(F)cc3Cl)n2CC)nc1C. The van der Waals surface area contributed by atoms with Gasteiger partial charge in [-0.1, -0.05) is 34.7 Å². The summed E-state index contributed by atoms with van der Waals surface area (Å²) in [7, 11) is 0. The van der Waals surface area contributed by atoms with E-state index in [2.05, 4.69) is 20.5 Å². The Morgan fingerprint density at radius 1 is 1.30 bits per heavy atom. The van der Waals surface area contributed by atoms with Crippen LogP contribution in [0.4, 0.5) is 9.52 Å². The molecule has 9 nitrogen and oxygen atoms in total. The minimum absolute atomic E-state index is 0.0656. The number of nitrogens with zero attached hydrogens (tertiary/aromatic N) is 4. The predicted molar refractivity (Wildman–Crippen MR) is 124 cm³/mol. The molecule has 0 unspecified atom stereocenters. The molecule has 1 aromatic carbocycles. The third-order valence-corrected chi connectivity index (χ3v) is 6.51. The molecule has 0 aliphatic heterocycles. The van der Waals surface area contributed by atoms with Gasteiger partial charge in [-0.2, -0.15) is 0 Å². The molecule has 0 spiro atoms. The molecule has 0 aliphatic carbocycles. The number of halogens is 2. The van der Waals surface area contributed by atoms with Crippen molar-refractivity contribution in [3.63, 3.8) is 0 Å². The lowest BCUT2D eigenvalue weighted by atomic mass is 10.3. The van der Waals surface area contributed by atoms with E-state index in [1.54, 1.807) is 13.8 Å². The highest BCUT2D eigenvalue weighted by molar-refractivity contribution is 7.99. The fourth-order valence-corrected chi connectivity index (χ4v) is 4.63. The van der Waals surface area contributed by atoms with Crippen LogP contribution in [0, 0.1) is 12.7 Å². The van der Waals surface area contributed by atoms with E-state index < -0.39 is 11.8 Å². The Bertz CT molecular complexity index is 1150. The fourth-order valence-electron chi connectivity index (χ4n) is 2.71. The maximum Gasteiger partial charge on any atom is 0.350 e. The summed E-state index contributed by atoms with van der Waals surface area (Å²) in [4.78, 5) is 28.8. The number of amides is 1. The van der Waals surface area contributed by atoms with Gasteiger partial charge in [-0.05, 0) is 39.0 Å². The molecule has 3 aromatic rings. The number of ether oxygens (including phenoxy) is 2.